The van der Waals surface area contributed by atoms with Crippen molar-refractivity contribution in [3.8, 4) is 0 Å². The average molecular weight is 470 g/mol. The van der Waals surface area contributed by atoms with E-state index in [1.165, 1.54) is 17.5 Å². The molecule has 2 aromatic rings. The van der Waals surface area contributed by atoms with Crippen LogP contribution in [0.1, 0.15) is 22.9 Å². The van der Waals surface area contributed by atoms with Crippen molar-refractivity contribution in [3.63, 3.8) is 0 Å². The van der Waals surface area contributed by atoms with E-state index in [2.05, 4.69) is 63.2 Å². The van der Waals surface area contributed by atoms with E-state index < -0.39 is 0 Å². The molecule has 1 atom stereocenters. The maximum Gasteiger partial charge on any atom is 0.191 e. The van der Waals surface area contributed by atoms with Gasteiger partial charge in [-0.1, -0.05) is 30.3 Å². The first kappa shape index (κ1) is 20.2. The van der Waals surface area contributed by atoms with E-state index in [-0.39, 0.29) is 24.0 Å². The highest BCUT2D eigenvalue weighted by atomic mass is 127. The molecule has 2 N–H and O–H groups in total. The summed E-state index contributed by atoms with van der Waals surface area (Å²) in [5.74, 6) is 0.860. The van der Waals surface area contributed by atoms with E-state index in [1.807, 2.05) is 24.5 Å². The van der Waals surface area contributed by atoms with Crippen LogP contribution >= 0.6 is 35.3 Å². The Labute approximate surface area is 171 Å². The lowest BCUT2D eigenvalue weighted by atomic mass is 10.1. The van der Waals surface area contributed by atoms with Crippen molar-refractivity contribution in [2.75, 3.05) is 20.1 Å². The molecule has 0 fully saturated rings. The Morgan fingerprint density at radius 2 is 2.04 bits per heavy atom. The molecule has 1 unspecified atom stereocenters. The molecule has 0 radical (unpaired) electrons. The van der Waals surface area contributed by atoms with Gasteiger partial charge >= 0.3 is 0 Å². The number of guanidine groups is 1. The molecule has 0 spiro atoms. The Kier molecular flexibility index (Phi) is 8.18. The van der Waals surface area contributed by atoms with Crippen LogP contribution in [0.2, 0.25) is 0 Å². The van der Waals surface area contributed by atoms with E-state index >= 15 is 0 Å². The summed E-state index contributed by atoms with van der Waals surface area (Å²) in [5.41, 5.74) is 2.76. The third kappa shape index (κ3) is 5.69. The van der Waals surface area contributed by atoms with E-state index in [1.54, 1.807) is 4.88 Å². The molecule has 1 aliphatic rings. The van der Waals surface area contributed by atoms with Gasteiger partial charge in [0.25, 0.3) is 0 Å². The standard InChI is InChI=1S/C19H26N4S.HI/c1-15(23-10-8-18-17(14-23)9-11-24-18)12-21-19(20-2)22-13-16-6-4-3-5-7-16;/h3-7,9,11,15H,8,10,12-14H2,1-2H3,(H2,20,21,22);1H. The number of hydrogen-bond donors (Lipinski definition) is 2. The van der Waals surface area contributed by atoms with Crippen LogP contribution in [0.5, 0.6) is 0 Å². The van der Waals surface area contributed by atoms with Crippen molar-refractivity contribution in [3.05, 3.63) is 57.8 Å². The van der Waals surface area contributed by atoms with Crippen LogP contribution in [-0.4, -0.2) is 37.0 Å². The highest BCUT2D eigenvalue weighted by Crippen LogP contribution is 2.24. The molecule has 25 heavy (non-hydrogen) atoms. The molecule has 0 saturated heterocycles. The van der Waals surface area contributed by atoms with Gasteiger partial charge in [-0.15, -0.1) is 35.3 Å². The average Bonchev–Trinajstić information content (AvgIpc) is 3.10. The molecule has 1 aliphatic heterocycles. The molecule has 0 amide bonds. The fourth-order valence-corrected chi connectivity index (χ4v) is 3.91. The number of nitrogens with zero attached hydrogens (tertiary/aromatic N) is 2. The molecule has 4 nitrogen and oxygen atoms in total. The van der Waals surface area contributed by atoms with Crippen LogP contribution < -0.4 is 10.6 Å². The Morgan fingerprint density at radius 3 is 2.80 bits per heavy atom. The van der Waals surface area contributed by atoms with Gasteiger partial charge in [-0.3, -0.25) is 9.89 Å². The minimum Gasteiger partial charge on any atom is -0.355 e. The van der Waals surface area contributed by atoms with Gasteiger partial charge in [-0.2, -0.15) is 0 Å². The van der Waals surface area contributed by atoms with Crippen LogP contribution in [0.4, 0.5) is 0 Å². The molecular weight excluding hydrogens is 443 g/mol. The lowest BCUT2D eigenvalue weighted by Gasteiger charge is -2.32. The number of halogens is 1. The number of aliphatic imine (C=N–C) groups is 1. The second-order valence-corrected chi connectivity index (χ2v) is 7.23. The molecule has 6 heteroatoms. The van der Waals surface area contributed by atoms with Gasteiger partial charge in [0.15, 0.2) is 5.96 Å². The zero-order valence-electron chi connectivity index (χ0n) is 14.9. The summed E-state index contributed by atoms with van der Waals surface area (Å²) in [6, 6.07) is 13.1. The summed E-state index contributed by atoms with van der Waals surface area (Å²) >= 11 is 1.89. The summed E-state index contributed by atoms with van der Waals surface area (Å²) < 4.78 is 0. The van der Waals surface area contributed by atoms with E-state index in [4.69, 9.17) is 0 Å². The molecular formula is C19H27IN4S. The maximum atomic E-state index is 4.33. The first-order chi connectivity index (χ1) is 11.8. The third-order valence-electron chi connectivity index (χ3n) is 4.55. The Bertz CT molecular complexity index is 671. The topological polar surface area (TPSA) is 39.7 Å². The van der Waals surface area contributed by atoms with Gasteiger partial charge in [-0.25, -0.2) is 0 Å². The quantitative estimate of drug-likeness (QED) is 0.400. The van der Waals surface area contributed by atoms with E-state index in [0.717, 1.165) is 32.1 Å². The Balaban J connectivity index is 0.00000225. The second-order valence-electron chi connectivity index (χ2n) is 6.23. The molecule has 1 aromatic carbocycles. The first-order valence-corrected chi connectivity index (χ1v) is 9.42. The predicted octanol–water partition coefficient (Wildman–Crippen LogP) is 3.48. The van der Waals surface area contributed by atoms with Gasteiger partial charge in [0, 0.05) is 44.1 Å². The van der Waals surface area contributed by atoms with E-state index in [0.29, 0.717) is 6.04 Å². The smallest absolute Gasteiger partial charge is 0.191 e. The van der Waals surface area contributed by atoms with Crippen LogP contribution in [0.3, 0.4) is 0 Å². The molecule has 0 saturated carbocycles. The zero-order valence-corrected chi connectivity index (χ0v) is 18.0. The van der Waals surface area contributed by atoms with Crippen molar-refractivity contribution < 1.29 is 0 Å². The Morgan fingerprint density at radius 1 is 1.24 bits per heavy atom. The van der Waals surface area contributed by atoms with Crippen molar-refractivity contribution in [2.24, 2.45) is 4.99 Å². The van der Waals surface area contributed by atoms with Crippen LogP contribution in [0.25, 0.3) is 0 Å². The highest BCUT2D eigenvalue weighted by Gasteiger charge is 2.21. The number of hydrogen-bond acceptors (Lipinski definition) is 3. The number of nitrogens with one attached hydrogen (secondary N) is 2. The van der Waals surface area contributed by atoms with Crippen LogP contribution in [0, 0.1) is 0 Å². The summed E-state index contributed by atoms with van der Waals surface area (Å²) in [6.07, 6.45) is 1.18. The van der Waals surface area contributed by atoms with Gasteiger partial charge < -0.3 is 10.6 Å². The fraction of sp³-hybridized carbons (Fsp3) is 0.421. The lowest BCUT2D eigenvalue weighted by Crippen LogP contribution is -2.47. The van der Waals surface area contributed by atoms with Crippen LogP contribution in [-0.2, 0) is 19.5 Å². The summed E-state index contributed by atoms with van der Waals surface area (Å²) in [6.45, 7) is 6.18. The first-order valence-electron chi connectivity index (χ1n) is 8.54. The van der Waals surface area contributed by atoms with Gasteiger partial charge in [0.1, 0.15) is 0 Å². The number of fused-ring (bicyclic) bond motifs is 1. The largest absolute Gasteiger partial charge is 0.355 e. The molecule has 1 aromatic heterocycles. The predicted molar refractivity (Wildman–Crippen MR) is 118 cm³/mol. The third-order valence-corrected chi connectivity index (χ3v) is 5.57. The number of thiophene rings is 1. The molecule has 2 heterocycles. The van der Waals surface area contributed by atoms with Crippen LogP contribution in [0.15, 0.2) is 46.8 Å². The molecule has 3 rings (SSSR count). The number of benzene rings is 1. The van der Waals surface area contributed by atoms with E-state index in [9.17, 15) is 0 Å². The highest BCUT2D eigenvalue weighted by molar-refractivity contribution is 14.0. The van der Waals surface area contributed by atoms with Gasteiger partial charge in [0.05, 0.1) is 0 Å². The van der Waals surface area contributed by atoms with Gasteiger partial charge in [0.2, 0.25) is 0 Å². The van der Waals surface area contributed by atoms with Crippen molar-refractivity contribution in [1.29, 1.82) is 0 Å². The summed E-state index contributed by atoms with van der Waals surface area (Å²) in [4.78, 5) is 8.44. The summed E-state index contributed by atoms with van der Waals surface area (Å²) in [5, 5.41) is 9.05. The summed E-state index contributed by atoms with van der Waals surface area (Å²) in [7, 11) is 1.82. The fourth-order valence-electron chi connectivity index (χ4n) is 3.02. The second kappa shape index (κ2) is 10.1. The maximum absolute atomic E-state index is 4.33. The van der Waals surface area contributed by atoms with Crippen molar-refractivity contribution in [2.45, 2.75) is 32.5 Å². The number of rotatable bonds is 5. The molecule has 136 valence electrons. The van der Waals surface area contributed by atoms with Crippen molar-refractivity contribution in [1.82, 2.24) is 15.5 Å². The normalized spacial score (nSPS) is 15.8. The molecule has 0 bridgehead atoms. The minimum absolute atomic E-state index is 0. The zero-order chi connectivity index (χ0) is 16.8. The SMILES string of the molecule is CN=C(NCc1ccccc1)NCC(C)N1CCc2sccc2C1.I. The van der Waals surface area contributed by atoms with Gasteiger partial charge in [-0.05, 0) is 35.9 Å². The monoisotopic (exact) mass is 470 g/mol. The molecule has 0 aliphatic carbocycles. The minimum atomic E-state index is 0. The lowest BCUT2D eigenvalue weighted by molar-refractivity contribution is 0.192. The van der Waals surface area contributed by atoms with Crippen molar-refractivity contribution >= 4 is 41.3 Å². The Hall–Kier alpha value is -1.12.